The number of fused-ring (bicyclic) bond motifs is 1. The summed E-state index contributed by atoms with van der Waals surface area (Å²) in [7, 11) is 0. The molecule has 0 aliphatic heterocycles. The molecule has 0 aliphatic rings. The summed E-state index contributed by atoms with van der Waals surface area (Å²) in [4.78, 5) is 11.3. The third-order valence-electron chi connectivity index (χ3n) is 3.02. The molecule has 1 aromatic heterocycles. The lowest BCUT2D eigenvalue weighted by molar-refractivity contribution is 0.0698. The largest absolute Gasteiger partial charge is 0.478 e. The molecule has 0 radical (unpaired) electrons. The van der Waals surface area contributed by atoms with E-state index in [1.807, 2.05) is 19.9 Å². The zero-order valence-electron chi connectivity index (χ0n) is 10.4. The second-order valence-corrected chi connectivity index (χ2v) is 4.49. The molecule has 0 unspecified atom stereocenters. The second-order valence-electron chi connectivity index (χ2n) is 4.49. The number of aromatic nitrogens is 1. The van der Waals surface area contributed by atoms with Crippen molar-refractivity contribution in [3.8, 4) is 0 Å². The van der Waals surface area contributed by atoms with Crippen LogP contribution < -0.4 is 0 Å². The molecule has 0 saturated carbocycles. The molecule has 1 heterocycles. The first-order valence-electron chi connectivity index (χ1n) is 5.88. The molecule has 3 heteroatoms. The first-order valence-corrected chi connectivity index (χ1v) is 5.88. The molecule has 0 atom stereocenters. The van der Waals surface area contributed by atoms with Crippen LogP contribution in [0.5, 0.6) is 0 Å². The Kier molecular flexibility index (Phi) is 2.92. The number of aromatic carboxylic acids is 1. The molecule has 3 nitrogen and oxygen atoms in total. The average Bonchev–Trinajstić information content (AvgIpc) is 2.54. The van der Waals surface area contributed by atoms with Gasteiger partial charge in [0.25, 0.3) is 0 Å². The number of aryl methyl sites for hydroxylation is 3. The highest BCUT2D eigenvalue weighted by Crippen LogP contribution is 2.25. The van der Waals surface area contributed by atoms with Gasteiger partial charge in [-0.25, -0.2) is 4.79 Å². The second kappa shape index (κ2) is 4.24. The SMILES string of the molecule is CCCn1c(C)cc2cc(C)cc(C(=O)O)c21. The molecule has 0 aliphatic carbocycles. The summed E-state index contributed by atoms with van der Waals surface area (Å²) >= 11 is 0. The average molecular weight is 231 g/mol. The van der Waals surface area contributed by atoms with Crippen molar-refractivity contribution in [2.75, 3.05) is 0 Å². The van der Waals surface area contributed by atoms with Gasteiger partial charge in [0.15, 0.2) is 0 Å². The Bertz CT molecular complexity index is 581. The van der Waals surface area contributed by atoms with Crippen LogP contribution in [0.2, 0.25) is 0 Å². The summed E-state index contributed by atoms with van der Waals surface area (Å²) in [5.41, 5.74) is 3.36. The van der Waals surface area contributed by atoms with E-state index in [0.29, 0.717) is 5.56 Å². The maximum atomic E-state index is 11.3. The van der Waals surface area contributed by atoms with Gasteiger partial charge < -0.3 is 9.67 Å². The minimum absolute atomic E-state index is 0.404. The van der Waals surface area contributed by atoms with Crippen molar-refractivity contribution >= 4 is 16.9 Å². The molecular weight excluding hydrogens is 214 g/mol. The summed E-state index contributed by atoms with van der Waals surface area (Å²) in [6.07, 6.45) is 0.998. The Balaban J connectivity index is 2.82. The molecule has 0 saturated heterocycles. The molecule has 0 amide bonds. The minimum atomic E-state index is -0.853. The number of hydrogen-bond acceptors (Lipinski definition) is 1. The monoisotopic (exact) mass is 231 g/mol. The van der Waals surface area contributed by atoms with Gasteiger partial charge in [-0.15, -0.1) is 0 Å². The van der Waals surface area contributed by atoms with Gasteiger partial charge in [-0.05, 0) is 44.0 Å². The Morgan fingerprint density at radius 3 is 2.59 bits per heavy atom. The molecule has 2 rings (SSSR count). The molecule has 0 bridgehead atoms. The molecule has 0 fully saturated rings. The Labute approximate surface area is 101 Å². The highest BCUT2D eigenvalue weighted by Gasteiger charge is 2.15. The van der Waals surface area contributed by atoms with E-state index in [0.717, 1.165) is 35.1 Å². The van der Waals surface area contributed by atoms with Gasteiger partial charge in [0, 0.05) is 17.6 Å². The number of carboxylic acid groups (broad SMARTS) is 1. The van der Waals surface area contributed by atoms with Gasteiger partial charge >= 0.3 is 5.97 Å². The number of nitrogens with zero attached hydrogens (tertiary/aromatic N) is 1. The normalized spacial score (nSPS) is 11.0. The predicted molar refractivity (Wildman–Crippen MR) is 68.7 cm³/mol. The third kappa shape index (κ3) is 1.93. The van der Waals surface area contributed by atoms with E-state index in [1.54, 1.807) is 6.07 Å². The van der Waals surface area contributed by atoms with Gasteiger partial charge in [-0.2, -0.15) is 0 Å². The van der Waals surface area contributed by atoms with Crippen molar-refractivity contribution < 1.29 is 9.90 Å². The fourth-order valence-corrected chi connectivity index (χ4v) is 2.37. The van der Waals surface area contributed by atoms with Gasteiger partial charge in [0.1, 0.15) is 0 Å². The highest BCUT2D eigenvalue weighted by molar-refractivity contribution is 6.03. The maximum absolute atomic E-state index is 11.3. The van der Waals surface area contributed by atoms with E-state index < -0.39 is 5.97 Å². The lowest BCUT2D eigenvalue weighted by Gasteiger charge is -2.09. The van der Waals surface area contributed by atoms with Crippen molar-refractivity contribution in [3.05, 3.63) is 35.0 Å². The van der Waals surface area contributed by atoms with E-state index in [2.05, 4.69) is 17.6 Å². The molecule has 90 valence electrons. The van der Waals surface area contributed by atoms with E-state index in [4.69, 9.17) is 0 Å². The topological polar surface area (TPSA) is 42.2 Å². The van der Waals surface area contributed by atoms with E-state index in [1.165, 1.54) is 0 Å². The molecule has 0 spiro atoms. The first-order chi connectivity index (χ1) is 8.04. The third-order valence-corrected chi connectivity index (χ3v) is 3.02. The van der Waals surface area contributed by atoms with Crippen LogP contribution in [0.1, 0.15) is 35.0 Å². The number of carboxylic acids is 1. The number of rotatable bonds is 3. The molecule has 1 aromatic carbocycles. The summed E-state index contributed by atoms with van der Waals surface area (Å²) in [6.45, 7) is 6.91. The van der Waals surface area contributed by atoms with Crippen molar-refractivity contribution in [2.24, 2.45) is 0 Å². The number of carbonyl (C=O) groups is 1. The van der Waals surface area contributed by atoms with Gasteiger partial charge in [0.2, 0.25) is 0 Å². The Hall–Kier alpha value is -1.77. The lowest BCUT2D eigenvalue weighted by atomic mass is 10.1. The van der Waals surface area contributed by atoms with Crippen molar-refractivity contribution in [1.82, 2.24) is 4.57 Å². The van der Waals surface area contributed by atoms with Gasteiger partial charge in [0.05, 0.1) is 11.1 Å². The first kappa shape index (κ1) is 11.7. The Morgan fingerprint density at radius 2 is 2.00 bits per heavy atom. The number of benzene rings is 1. The standard InChI is InChI=1S/C14H17NO2/c1-4-5-15-10(3)8-11-6-9(2)7-12(13(11)15)14(16)17/h6-8H,4-5H2,1-3H3,(H,16,17). The molecule has 1 N–H and O–H groups in total. The zero-order valence-corrected chi connectivity index (χ0v) is 10.4. The van der Waals surface area contributed by atoms with Crippen molar-refractivity contribution in [2.45, 2.75) is 33.7 Å². The van der Waals surface area contributed by atoms with Crippen molar-refractivity contribution in [3.63, 3.8) is 0 Å². The van der Waals surface area contributed by atoms with Crippen LogP contribution in [-0.4, -0.2) is 15.6 Å². The summed E-state index contributed by atoms with van der Waals surface area (Å²) in [5, 5.41) is 10.3. The fraction of sp³-hybridized carbons (Fsp3) is 0.357. The smallest absolute Gasteiger partial charge is 0.337 e. The van der Waals surface area contributed by atoms with Crippen LogP contribution in [0.15, 0.2) is 18.2 Å². The minimum Gasteiger partial charge on any atom is -0.478 e. The summed E-state index contributed by atoms with van der Waals surface area (Å²) < 4.78 is 2.10. The Morgan fingerprint density at radius 1 is 1.29 bits per heavy atom. The van der Waals surface area contributed by atoms with Gasteiger partial charge in [-0.3, -0.25) is 0 Å². The van der Waals surface area contributed by atoms with Gasteiger partial charge in [-0.1, -0.05) is 6.92 Å². The number of hydrogen-bond donors (Lipinski definition) is 1. The molecule has 2 aromatic rings. The van der Waals surface area contributed by atoms with Crippen LogP contribution in [-0.2, 0) is 6.54 Å². The van der Waals surface area contributed by atoms with Crippen LogP contribution in [0.25, 0.3) is 10.9 Å². The lowest BCUT2D eigenvalue weighted by Crippen LogP contribution is -2.05. The van der Waals surface area contributed by atoms with E-state index in [-0.39, 0.29) is 0 Å². The van der Waals surface area contributed by atoms with E-state index in [9.17, 15) is 9.90 Å². The van der Waals surface area contributed by atoms with Crippen LogP contribution in [0.3, 0.4) is 0 Å². The molecule has 17 heavy (non-hydrogen) atoms. The van der Waals surface area contributed by atoms with Crippen molar-refractivity contribution in [1.29, 1.82) is 0 Å². The predicted octanol–water partition coefficient (Wildman–Crippen LogP) is 3.37. The fourth-order valence-electron chi connectivity index (χ4n) is 2.37. The zero-order chi connectivity index (χ0) is 12.6. The van der Waals surface area contributed by atoms with Crippen LogP contribution in [0, 0.1) is 13.8 Å². The maximum Gasteiger partial charge on any atom is 0.337 e. The van der Waals surface area contributed by atoms with E-state index >= 15 is 0 Å². The van der Waals surface area contributed by atoms with Crippen LogP contribution in [0.4, 0.5) is 0 Å². The summed E-state index contributed by atoms with van der Waals surface area (Å²) in [6, 6.07) is 5.85. The quantitative estimate of drug-likeness (QED) is 0.880. The van der Waals surface area contributed by atoms with Crippen LogP contribution >= 0.6 is 0 Å². The molecular formula is C14H17NO2. The highest BCUT2D eigenvalue weighted by atomic mass is 16.4. The summed E-state index contributed by atoms with van der Waals surface area (Å²) in [5.74, 6) is -0.853.